The van der Waals surface area contributed by atoms with E-state index in [1.165, 1.54) is 18.4 Å². The van der Waals surface area contributed by atoms with Gasteiger partial charge in [0.15, 0.2) is 0 Å². The van der Waals surface area contributed by atoms with Crippen molar-refractivity contribution in [1.82, 2.24) is 5.32 Å². The Hall–Kier alpha value is -1.02. The maximum Gasteiger partial charge on any atom is 0.122 e. The molecule has 1 aromatic carbocycles. The van der Waals surface area contributed by atoms with E-state index < -0.39 is 0 Å². The van der Waals surface area contributed by atoms with Gasteiger partial charge in [0.1, 0.15) is 5.75 Å². The Balaban J connectivity index is 2.41. The second kappa shape index (κ2) is 8.15. The van der Waals surface area contributed by atoms with E-state index in [4.69, 9.17) is 4.74 Å². The smallest absolute Gasteiger partial charge is 0.122 e. The van der Waals surface area contributed by atoms with Crippen LogP contribution in [0.5, 0.6) is 5.75 Å². The molecule has 0 aromatic heterocycles. The van der Waals surface area contributed by atoms with Crippen molar-refractivity contribution in [2.45, 2.75) is 46.1 Å². The molecule has 0 aliphatic carbocycles. The second-order valence-corrected chi connectivity index (χ2v) is 5.22. The molecule has 2 heteroatoms. The molecule has 0 bridgehead atoms. The van der Waals surface area contributed by atoms with E-state index in [0.29, 0.717) is 6.04 Å². The highest BCUT2D eigenvalue weighted by Crippen LogP contribution is 2.18. The van der Waals surface area contributed by atoms with Crippen molar-refractivity contribution >= 4 is 0 Å². The predicted octanol–water partition coefficient (Wildman–Crippen LogP) is 3.65. The van der Waals surface area contributed by atoms with Gasteiger partial charge in [0.25, 0.3) is 0 Å². The van der Waals surface area contributed by atoms with E-state index in [-0.39, 0.29) is 0 Å². The molecule has 0 spiro atoms. The molecule has 2 atom stereocenters. The summed E-state index contributed by atoms with van der Waals surface area (Å²) < 4.78 is 5.38. The Labute approximate surface area is 112 Å². The summed E-state index contributed by atoms with van der Waals surface area (Å²) in [6, 6.07) is 8.75. The van der Waals surface area contributed by atoms with Crippen molar-refractivity contribution in [3.05, 3.63) is 29.8 Å². The van der Waals surface area contributed by atoms with E-state index in [0.717, 1.165) is 24.6 Å². The van der Waals surface area contributed by atoms with Gasteiger partial charge in [-0.1, -0.05) is 38.5 Å². The largest absolute Gasteiger partial charge is 0.496 e. The fourth-order valence-electron chi connectivity index (χ4n) is 2.27. The third-order valence-electron chi connectivity index (χ3n) is 3.31. The van der Waals surface area contributed by atoms with Gasteiger partial charge in [0.05, 0.1) is 7.11 Å². The van der Waals surface area contributed by atoms with Crippen LogP contribution in [-0.2, 0) is 6.42 Å². The molecule has 102 valence electrons. The van der Waals surface area contributed by atoms with Gasteiger partial charge in [-0.25, -0.2) is 0 Å². The number of hydrogen-bond donors (Lipinski definition) is 1. The number of hydrogen-bond acceptors (Lipinski definition) is 2. The van der Waals surface area contributed by atoms with Gasteiger partial charge in [-0.05, 0) is 43.9 Å². The van der Waals surface area contributed by atoms with E-state index >= 15 is 0 Å². The molecule has 0 amide bonds. The monoisotopic (exact) mass is 249 g/mol. The first kappa shape index (κ1) is 15.0. The van der Waals surface area contributed by atoms with Crippen LogP contribution in [0.1, 0.15) is 39.2 Å². The van der Waals surface area contributed by atoms with Crippen LogP contribution in [0, 0.1) is 5.92 Å². The Kier molecular flexibility index (Phi) is 6.81. The van der Waals surface area contributed by atoms with E-state index in [9.17, 15) is 0 Å². The SMILES string of the molecule is CCCC(C)CNC(C)Cc1ccccc1OC. The van der Waals surface area contributed by atoms with Crippen LogP contribution in [0.25, 0.3) is 0 Å². The lowest BCUT2D eigenvalue weighted by atomic mass is 10.0. The number of nitrogens with one attached hydrogen (secondary N) is 1. The van der Waals surface area contributed by atoms with E-state index in [1.54, 1.807) is 7.11 Å². The molecule has 0 fully saturated rings. The van der Waals surface area contributed by atoms with Crippen LogP contribution in [0.2, 0.25) is 0 Å². The summed E-state index contributed by atoms with van der Waals surface area (Å²) in [4.78, 5) is 0. The number of rotatable bonds is 8. The zero-order valence-electron chi connectivity index (χ0n) is 12.2. The lowest BCUT2D eigenvalue weighted by Crippen LogP contribution is -2.32. The minimum Gasteiger partial charge on any atom is -0.496 e. The summed E-state index contributed by atoms with van der Waals surface area (Å²) in [6.45, 7) is 7.90. The van der Waals surface area contributed by atoms with Gasteiger partial charge in [0.2, 0.25) is 0 Å². The molecule has 0 heterocycles. The molecule has 1 rings (SSSR count). The molecule has 0 aliphatic heterocycles. The molecule has 2 unspecified atom stereocenters. The van der Waals surface area contributed by atoms with Crippen LogP contribution in [0.15, 0.2) is 24.3 Å². The van der Waals surface area contributed by atoms with Gasteiger partial charge >= 0.3 is 0 Å². The third kappa shape index (κ3) is 5.09. The number of methoxy groups -OCH3 is 1. The summed E-state index contributed by atoms with van der Waals surface area (Å²) >= 11 is 0. The van der Waals surface area contributed by atoms with Crippen LogP contribution < -0.4 is 10.1 Å². The molecule has 1 N–H and O–H groups in total. The fraction of sp³-hybridized carbons (Fsp3) is 0.625. The quantitative estimate of drug-likeness (QED) is 0.759. The molecule has 0 saturated heterocycles. The highest BCUT2D eigenvalue weighted by atomic mass is 16.5. The number of benzene rings is 1. The lowest BCUT2D eigenvalue weighted by Gasteiger charge is -2.18. The summed E-state index contributed by atoms with van der Waals surface area (Å²) in [5.74, 6) is 1.75. The highest BCUT2D eigenvalue weighted by molar-refractivity contribution is 5.33. The van der Waals surface area contributed by atoms with Crippen molar-refractivity contribution in [2.24, 2.45) is 5.92 Å². The van der Waals surface area contributed by atoms with E-state index in [1.807, 2.05) is 12.1 Å². The van der Waals surface area contributed by atoms with Crippen LogP contribution in [-0.4, -0.2) is 19.7 Å². The molecule has 18 heavy (non-hydrogen) atoms. The first-order chi connectivity index (χ1) is 8.67. The Morgan fingerprint density at radius 2 is 1.94 bits per heavy atom. The maximum absolute atomic E-state index is 5.38. The second-order valence-electron chi connectivity index (χ2n) is 5.22. The van der Waals surface area contributed by atoms with Gasteiger partial charge in [-0.15, -0.1) is 0 Å². The predicted molar refractivity (Wildman–Crippen MR) is 78.2 cm³/mol. The molecule has 0 aliphatic rings. The van der Waals surface area contributed by atoms with Crippen LogP contribution in [0.4, 0.5) is 0 Å². The molecule has 2 nitrogen and oxygen atoms in total. The van der Waals surface area contributed by atoms with Crippen LogP contribution in [0.3, 0.4) is 0 Å². The van der Waals surface area contributed by atoms with Crippen molar-refractivity contribution < 1.29 is 4.74 Å². The summed E-state index contributed by atoms with van der Waals surface area (Å²) in [7, 11) is 1.74. The first-order valence-electron chi connectivity index (χ1n) is 7.02. The normalized spacial score (nSPS) is 14.2. The minimum atomic E-state index is 0.487. The number of ether oxygens (including phenoxy) is 1. The zero-order valence-corrected chi connectivity index (χ0v) is 12.2. The standard InChI is InChI=1S/C16H27NO/c1-5-8-13(2)12-17-14(3)11-15-9-6-7-10-16(15)18-4/h6-7,9-10,13-14,17H,5,8,11-12H2,1-4H3. The summed E-state index contributed by atoms with van der Waals surface area (Å²) in [5, 5.41) is 3.61. The van der Waals surface area contributed by atoms with E-state index in [2.05, 4.69) is 38.2 Å². The first-order valence-corrected chi connectivity index (χ1v) is 7.02. The topological polar surface area (TPSA) is 21.3 Å². The molecular weight excluding hydrogens is 222 g/mol. The van der Waals surface area contributed by atoms with Gasteiger partial charge in [-0.2, -0.15) is 0 Å². The maximum atomic E-state index is 5.38. The zero-order chi connectivity index (χ0) is 13.4. The molecular formula is C16H27NO. The summed E-state index contributed by atoms with van der Waals surface area (Å²) in [6.07, 6.45) is 3.58. The Morgan fingerprint density at radius 3 is 2.61 bits per heavy atom. The molecule has 0 radical (unpaired) electrons. The lowest BCUT2D eigenvalue weighted by molar-refractivity contribution is 0.401. The third-order valence-corrected chi connectivity index (χ3v) is 3.31. The fourth-order valence-corrected chi connectivity index (χ4v) is 2.27. The number of para-hydroxylation sites is 1. The average molecular weight is 249 g/mol. The summed E-state index contributed by atoms with van der Waals surface area (Å²) in [5.41, 5.74) is 1.28. The van der Waals surface area contributed by atoms with Gasteiger partial charge in [0, 0.05) is 6.04 Å². The average Bonchev–Trinajstić information content (AvgIpc) is 2.37. The van der Waals surface area contributed by atoms with Crippen molar-refractivity contribution in [3.63, 3.8) is 0 Å². The molecule has 0 saturated carbocycles. The molecule has 1 aromatic rings. The van der Waals surface area contributed by atoms with Gasteiger partial charge in [-0.3, -0.25) is 0 Å². The Morgan fingerprint density at radius 1 is 1.22 bits per heavy atom. The minimum absolute atomic E-state index is 0.487. The highest BCUT2D eigenvalue weighted by Gasteiger charge is 2.08. The van der Waals surface area contributed by atoms with Crippen molar-refractivity contribution in [2.75, 3.05) is 13.7 Å². The van der Waals surface area contributed by atoms with Crippen molar-refractivity contribution in [1.29, 1.82) is 0 Å². The van der Waals surface area contributed by atoms with Crippen molar-refractivity contribution in [3.8, 4) is 5.75 Å². The Bertz CT molecular complexity index is 338. The van der Waals surface area contributed by atoms with Crippen LogP contribution >= 0.6 is 0 Å². The van der Waals surface area contributed by atoms with Gasteiger partial charge < -0.3 is 10.1 Å².